The first-order valence-corrected chi connectivity index (χ1v) is 7.94. The monoisotopic (exact) mass is 368 g/mol. The van der Waals surface area contributed by atoms with E-state index in [0.717, 1.165) is 0 Å². The third kappa shape index (κ3) is 14.9. The van der Waals surface area contributed by atoms with Crippen LogP contribution in [-0.4, -0.2) is 95.6 Å². The van der Waals surface area contributed by atoms with Crippen molar-refractivity contribution in [3.05, 3.63) is 12.2 Å². The van der Waals surface area contributed by atoms with Gasteiger partial charge in [0.05, 0.1) is 59.0 Å². The predicted molar refractivity (Wildman–Crippen MR) is 90.1 cm³/mol. The minimum Gasteiger partial charge on any atom is -0.478 e. The highest BCUT2D eigenvalue weighted by Crippen LogP contribution is 2.22. The number of ether oxygens (including phenoxy) is 2. The molecule has 1 unspecified atom stereocenters. The maximum absolute atomic E-state index is 9.65. The lowest BCUT2D eigenvalue weighted by Gasteiger charge is -2.28. The van der Waals surface area contributed by atoms with E-state index in [-0.39, 0.29) is 45.2 Å². The molecule has 0 aromatic carbocycles. The lowest BCUT2D eigenvalue weighted by Crippen LogP contribution is -2.35. The Morgan fingerprint density at radius 1 is 1.04 bits per heavy atom. The van der Waals surface area contributed by atoms with E-state index in [4.69, 9.17) is 35.0 Å². The molecule has 0 saturated carbocycles. The standard InChI is InChI=1S/C12H26O7.C4H6O2/c13-3-4-18-5-6-19-7-11(17)1-2-12(8-14,9-15)10-16;1-3(2)4(5)6/h11,13-17H,1-10H2;1H2,2H3,(H,5,6). The number of aliphatic carboxylic acids is 1. The summed E-state index contributed by atoms with van der Waals surface area (Å²) in [6, 6.07) is 0. The van der Waals surface area contributed by atoms with Crippen molar-refractivity contribution in [2.24, 2.45) is 5.41 Å². The molecule has 0 amide bonds. The molecular formula is C16H32O9. The summed E-state index contributed by atoms with van der Waals surface area (Å²) in [5.41, 5.74) is -0.777. The third-order valence-electron chi connectivity index (χ3n) is 3.30. The number of carboxylic acid groups (broad SMARTS) is 1. The molecule has 150 valence electrons. The molecule has 0 fully saturated rings. The molecule has 9 nitrogen and oxygen atoms in total. The molecule has 0 aliphatic heterocycles. The molecule has 0 aliphatic carbocycles. The molecular weight excluding hydrogens is 336 g/mol. The Bertz CT molecular complexity index is 322. The molecule has 0 radical (unpaired) electrons. The quantitative estimate of drug-likeness (QED) is 0.163. The summed E-state index contributed by atoms with van der Waals surface area (Å²) >= 11 is 0. The van der Waals surface area contributed by atoms with Gasteiger partial charge in [-0.25, -0.2) is 4.79 Å². The molecule has 0 bridgehead atoms. The highest BCUT2D eigenvalue weighted by Gasteiger charge is 2.28. The van der Waals surface area contributed by atoms with Crippen LogP contribution in [0.4, 0.5) is 0 Å². The van der Waals surface area contributed by atoms with Gasteiger partial charge in [0.15, 0.2) is 0 Å². The first-order chi connectivity index (χ1) is 11.8. The highest BCUT2D eigenvalue weighted by atomic mass is 16.5. The van der Waals surface area contributed by atoms with Gasteiger partial charge in [0.25, 0.3) is 0 Å². The van der Waals surface area contributed by atoms with Gasteiger partial charge in [0.1, 0.15) is 0 Å². The molecule has 1 atom stereocenters. The van der Waals surface area contributed by atoms with Crippen LogP contribution in [0.25, 0.3) is 0 Å². The Morgan fingerprint density at radius 3 is 1.92 bits per heavy atom. The van der Waals surface area contributed by atoms with Crippen LogP contribution in [0.1, 0.15) is 19.8 Å². The van der Waals surface area contributed by atoms with Gasteiger partial charge < -0.3 is 40.1 Å². The van der Waals surface area contributed by atoms with Crippen LogP contribution in [0.3, 0.4) is 0 Å². The van der Waals surface area contributed by atoms with Crippen LogP contribution < -0.4 is 0 Å². The fourth-order valence-corrected chi connectivity index (χ4v) is 1.45. The number of carbonyl (C=O) groups is 1. The molecule has 0 aromatic heterocycles. The van der Waals surface area contributed by atoms with Crippen molar-refractivity contribution in [1.82, 2.24) is 0 Å². The van der Waals surface area contributed by atoms with Gasteiger partial charge in [-0.15, -0.1) is 0 Å². The first kappa shape index (κ1) is 26.2. The molecule has 0 rings (SSSR count). The van der Waals surface area contributed by atoms with Crippen LogP contribution in [0, 0.1) is 5.41 Å². The number of hydrogen-bond acceptors (Lipinski definition) is 8. The summed E-state index contributed by atoms with van der Waals surface area (Å²) in [6.07, 6.45) is -0.0943. The van der Waals surface area contributed by atoms with Gasteiger partial charge >= 0.3 is 5.97 Å². The maximum Gasteiger partial charge on any atom is 0.330 e. The minimum atomic E-state index is -0.953. The van der Waals surface area contributed by atoms with Gasteiger partial charge in [0, 0.05) is 11.0 Å². The van der Waals surface area contributed by atoms with Crippen molar-refractivity contribution in [3.8, 4) is 0 Å². The Morgan fingerprint density at radius 2 is 1.52 bits per heavy atom. The second-order valence-corrected chi connectivity index (χ2v) is 5.66. The Balaban J connectivity index is 0. The van der Waals surface area contributed by atoms with Crippen molar-refractivity contribution in [3.63, 3.8) is 0 Å². The zero-order chi connectivity index (χ0) is 19.7. The lowest BCUT2D eigenvalue weighted by molar-refractivity contribution is -0.132. The average Bonchev–Trinajstić information content (AvgIpc) is 2.60. The van der Waals surface area contributed by atoms with E-state index >= 15 is 0 Å². The summed E-state index contributed by atoms with van der Waals surface area (Å²) in [4.78, 5) is 9.60. The number of aliphatic hydroxyl groups excluding tert-OH is 5. The molecule has 0 aromatic rings. The van der Waals surface area contributed by atoms with E-state index in [1.54, 1.807) is 0 Å². The van der Waals surface area contributed by atoms with Gasteiger partial charge in [-0.2, -0.15) is 0 Å². The molecule has 0 saturated heterocycles. The highest BCUT2D eigenvalue weighted by molar-refractivity contribution is 5.84. The summed E-state index contributed by atoms with van der Waals surface area (Å²) in [5, 5.41) is 53.4. The number of aliphatic hydroxyl groups is 5. The maximum atomic E-state index is 9.65. The number of rotatable bonds is 14. The van der Waals surface area contributed by atoms with Gasteiger partial charge in [0.2, 0.25) is 0 Å². The van der Waals surface area contributed by atoms with Gasteiger partial charge in [-0.3, -0.25) is 0 Å². The molecule has 9 heteroatoms. The predicted octanol–water partition coefficient (Wildman–Crippen LogP) is -1.24. The van der Waals surface area contributed by atoms with Crippen LogP contribution in [0.2, 0.25) is 0 Å². The Labute approximate surface area is 148 Å². The lowest BCUT2D eigenvalue weighted by atomic mass is 9.85. The van der Waals surface area contributed by atoms with Crippen LogP contribution in [-0.2, 0) is 14.3 Å². The molecule has 25 heavy (non-hydrogen) atoms. The van der Waals surface area contributed by atoms with Crippen LogP contribution in [0.5, 0.6) is 0 Å². The topological polar surface area (TPSA) is 157 Å². The van der Waals surface area contributed by atoms with Crippen molar-refractivity contribution in [2.45, 2.75) is 25.9 Å². The Kier molecular flexibility index (Phi) is 17.2. The molecule has 0 spiro atoms. The van der Waals surface area contributed by atoms with E-state index in [0.29, 0.717) is 26.1 Å². The van der Waals surface area contributed by atoms with Crippen molar-refractivity contribution >= 4 is 5.97 Å². The number of carboxylic acids is 1. The minimum absolute atomic E-state index is 0.0335. The van der Waals surface area contributed by atoms with E-state index < -0.39 is 17.5 Å². The largest absolute Gasteiger partial charge is 0.478 e. The van der Waals surface area contributed by atoms with E-state index in [1.165, 1.54) is 6.92 Å². The fourth-order valence-electron chi connectivity index (χ4n) is 1.45. The summed E-state index contributed by atoms with van der Waals surface area (Å²) in [5.74, 6) is -0.935. The smallest absolute Gasteiger partial charge is 0.330 e. The van der Waals surface area contributed by atoms with Crippen molar-refractivity contribution < 1.29 is 44.9 Å². The molecule has 0 aliphatic rings. The normalized spacial score (nSPS) is 12.2. The van der Waals surface area contributed by atoms with Gasteiger partial charge in [-0.05, 0) is 19.8 Å². The van der Waals surface area contributed by atoms with E-state index in [1.807, 2.05) is 0 Å². The zero-order valence-electron chi connectivity index (χ0n) is 14.8. The van der Waals surface area contributed by atoms with Gasteiger partial charge in [-0.1, -0.05) is 6.58 Å². The van der Waals surface area contributed by atoms with Crippen LogP contribution in [0.15, 0.2) is 12.2 Å². The summed E-state index contributed by atoms with van der Waals surface area (Å²) in [7, 11) is 0. The third-order valence-corrected chi connectivity index (χ3v) is 3.30. The first-order valence-electron chi connectivity index (χ1n) is 7.94. The van der Waals surface area contributed by atoms with Crippen molar-refractivity contribution in [2.75, 3.05) is 52.9 Å². The molecule has 6 N–H and O–H groups in total. The van der Waals surface area contributed by atoms with Crippen molar-refractivity contribution in [1.29, 1.82) is 0 Å². The van der Waals surface area contributed by atoms with E-state index in [9.17, 15) is 9.90 Å². The SMILES string of the molecule is C=C(C)C(=O)O.OCCOCCOCC(O)CCC(CO)(CO)CO. The Hall–Kier alpha value is -1.07. The second-order valence-electron chi connectivity index (χ2n) is 5.66. The second kappa shape index (κ2) is 16.4. The summed E-state index contributed by atoms with van der Waals surface area (Å²) < 4.78 is 10.1. The average molecular weight is 368 g/mol. The fraction of sp³-hybridized carbons (Fsp3) is 0.812. The van der Waals surface area contributed by atoms with E-state index in [2.05, 4.69) is 6.58 Å². The van der Waals surface area contributed by atoms with Crippen LogP contribution >= 0.6 is 0 Å². The number of hydrogen-bond donors (Lipinski definition) is 6. The zero-order valence-corrected chi connectivity index (χ0v) is 14.8. The molecule has 0 heterocycles. The summed E-state index contributed by atoms with van der Waals surface area (Å²) in [6.45, 7) is 4.63.